The van der Waals surface area contributed by atoms with Crippen molar-refractivity contribution in [3.05, 3.63) is 29.3 Å². The minimum atomic E-state index is -1.95. The lowest BCUT2D eigenvalue weighted by Gasteiger charge is -2.39. The van der Waals surface area contributed by atoms with Gasteiger partial charge in [0.25, 0.3) is 0 Å². The first kappa shape index (κ1) is 22.4. The van der Waals surface area contributed by atoms with Crippen molar-refractivity contribution in [3.63, 3.8) is 0 Å². The minimum absolute atomic E-state index is 0.0279. The number of aliphatic hydroxyl groups excluding tert-OH is 1. The van der Waals surface area contributed by atoms with E-state index >= 15 is 0 Å². The molecule has 0 fully saturated rings. The van der Waals surface area contributed by atoms with Gasteiger partial charge in [0.15, 0.2) is 9.76 Å². The molecular formula is C20H38O3Si2. The summed E-state index contributed by atoms with van der Waals surface area (Å²) in [6.07, 6.45) is 0. The van der Waals surface area contributed by atoms with Crippen LogP contribution in [0.15, 0.2) is 18.2 Å². The topological polar surface area (TPSA) is 38.7 Å². The molecule has 0 atom stereocenters. The van der Waals surface area contributed by atoms with Crippen LogP contribution in [0.4, 0.5) is 0 Å². The van der Waals surface area contributed by atoms with Crippen LogP contribution in [0.3, 0.4) is 0 Å². The molecule has 0 aliphatic carbocycles. The second-order valence-electron chi connectivity index (χ2n) is 10.2. The van der Waals surface area contributed by atoms with Crippen molar-refractivity contribution in [1.82, 2.24) is 0 Å². The first-order valence-corrected chi connectivity index (χ1v) is 13.4. The Kier molecular flexibility index (Phi) is 6.77. The molecule has 1 aromatic carbocycles. The number of hydrogen-bond donors (Lipinski definition) is 1. The van der Waals surface area contributed by atoms with Crippen molar-refractivity contribution in [3.8, 4) is 5.75 Å². The zero-order chi connectivity index (χ0) is 19.7. The number of rotatable bonds is 6. The maximum Gasteiger partial charge on any atom is 0.250 e. The van der Waals surface area contributed by atoms with Crippen LogP contribution >= 0.6 is 0 Å². The molecule has 5 heteroatoms. The third-order valence-electron chi connectivity index (χ3n) is 4.91. The Hall–Kier alpha value is -0.626. The van der Waals surface area contributed by atoms with Crippen LogP contribution in [-0.2, 0) is 16.6 Å². The molecule has 0 aliphatic rings. The monoisotopic (exact) mass is 382 g/mol. The smallest absolute Gasteiger partial charge is 0.250 e. The highest BCUT2D eigenvalue weighted by Gasteiger charge is 2.40. The van der Waals surface area contributed by atoms with Gasteiger partial charge in [0.1, 0.15) is 5.75 Å². The van der Waals surface area contributed by atoms with E-state index in [1.165, 1.54) is 0 Å². The van der Waals surface area contributed by atoms with Gasteiger partial charge < -0.3 is 14.0 Å². The highest BCUT2D eigenvalue weighted by atomic mass is 28.4. The fourth-order valence-electron chi connectivity index (χ4n) is 2.14. The fourth-order valence-corrected chi connectivity index (χ4v) is 4.12. The SMILES string of the molecule is CC(C)(C)[SiH2]OC(C)(C)c1cc(CO)ccc1O[Si](C)(C)C(C)(C)C. The summed E-state index contributed by atoms with van der Waals surface area (Å²) in [4.78, 5) is 0. The molecule has 3 nitrogen and oxygen atoms in total. The van der Waals surface area contributed by atoms with Crippen molar-refractivity contribution in [2.45, 2.75) is 90.8 Å². The molecule has 0 bridgehead atoms. The van der Waals surface area contributed by atoms with Gasteiger partial charge in [-0.2, -0.15) is 0 Å². The van der Waals surface area contributed by atoms with Gasteiger partial charge in [-0.3, -0.25) is 0 Å². The maximum atomic E-state index is 9.58. The number of benzene rings is 1. The zero-order valence-corrected chi connectivity index (χ0v) is 20.3. The van der Waals surface area contributed by atoms with Crippen LogP contribution in [0, 0.1) is 0 Å². The lowest BCUT2D eigenvalue weighted by Crippen LogP contribution is -2.44. The van der Waals surface area contributed by atoms with Crippen LogP contribution in [-0.4, -0.2) is 23.2 Å². The summed E-state index contributed by atoms with van der Waals surface area (Å²) in [5.41, 5.74) is 1.51. The Labute approximate surface area is 158 Å². The Balaban J connectivity index is 3.28. The van der Waals surface area contributed by atoms with E-state index in [0.29, 0.717) is 0 Å². The minimum Gasteiger partial charge on any atom is -0.543 e. The van der Waals surface area contributed by atoms with Crippen LogP contribution in [0.2, 0.25) is 23.2 Å². The second-order valence-corrected chi connectivity index (χ2v) is 17.6. The van der Waals surface area contributed by atoms with Crippen LogP contribution in [0.1, 0.15) is 66.5 Å². The first-order valence-electron chi connectivity index (χ1n) is 9.16. The van der Waals surface area contributed by atoms with E-state index < -0.39 is 23.7 Å². The number of hydrogen-bond acceptors (Lipinski definition) is 3. The fraction of sp³-hybridized carbons (Fsp3) is 0.700. The van der Waals surface area contributed by atoms with Crippen molar-refractivity contribution in [1.29, 1.82) is 0 Å². The summed E-state index contributed by atoms with van der Waals surface area (Å²) in [7, 11) is -2.66. The van der Waals surface area contributed by atoms with Gasteiger partial charge in [-0.15, -0.1) is 0 Å². The normalized spacial score (nSPS) is 14.4. The van der Waals surface area contributed by atoms with E-state index in [2.05, 4.69) is 68.5 Å². The van der Waals surface area contributed by atoms with Crippen LogP contribution in [0.5, 0.6) is 5.75 Å². The van der Waals surface area contributed by atoms with E-state index in [1.54, 1.807) is 0 Å². The molecule has 0 saturated carbocycles. The highest BCUT2D eigenvalue weighted by molar-refractivity contribution is 6.74. The average Bonchev–Trinajstić information content (AvgIpc) is 2.43. The summed E-state index contributed by atoms with van der Waals surface area (Å²) >= 11 is 0. The first-order chi connectivity index (χ1) is 11.1. The van der Waals surface area contributed by atoms with E-state index in [-0.39, 0.29) is 16.7 Å². The molecule has 1 N–H and O–H groups in total. The van der Waals surface area contributed by atoms with Crippen molar-refractivity contribution < 1.29 is 14.0 Å². The van der Waals surface area contributed by atoms with E-state index in [4.69, 9.17) is 8.85 Å². The standard InChI is InChI=1S/C20H38O3Si2/c1-18(2,3)24-23-20(7,8)16-13-15(14-21)11-12-17(16)22-25(9,10)19(4,5)6/h11-13,21H,14,24H2,1-10H3. The zero-order valence-electron chi connectivity index (χ0n) is 17.9. The molecule has 0 aliphatic heterocycles. The van der Waals surface area contributed by atoms with Crippen LogP contribution in [0.25, 0.3) is 0 Å². The van der Waals surface area contributed by atoms with Crippen molar-refractivity contribution >= 4 is 18.1 Å². The lowest BCUT2D eigenvalue weighted by molar-refractivity contribution is 0.107. The molecule has 0 radical (unpaired) electrons. The largest absolute Gasteiger partial charge is 0.543 e. The molecule has 1 aromatic rings. The number of aliphatic hydroxyl groups is 1. The molecule has 25 heavy (non-hydrogen) atoms. The quantitative estimate of drug-likeness (QED) is 0.694. The Bertz CT molecular complexity index is 582. The van der Waals surface area contributed by atoms with E-state index in [0.717, 1.165) is 16.9 Å². The molecule has 1 rings (SSSR count). The molecule has 0 unspecified atom stereocenters. The van der Waals surface area contributed by atoms with Gasteiger partial charge >= 0.3 is 0 Å². The summed E-state index contributed by atoms with van der Waals surface area (Å²) in [6.45, 7) is 22.2. The van der Waals surface area contributed by atoms with Crippen molar-refractivity contribution in [2.75, 3.05) is 0 Å². The third-order valence-corrected chi connectivity index (χ3v) is 11.0. The molecule has 0 heterocycles. The molecule has 144 valence electrons. The van der Waals surface area contributed by atoms with Gasteiger partial charge in [0.2, 0.25) is 8.32 Å². The molecule has 0 saturated heterocycles. The molecule has 0 amide bonds. The summed E-state index contributed by atoms with van der Waals surface area (Å²) in [6, 6.07) is 5.99. The Morgan fingerprint density at radius 1 is 1.00 bits per heavy atom. The van der Waals surface area contributed by atoms with E-state index in [9.17, 15) is 5.11 Å². The third kappa shape index (κ3) is 6.24. The molecule has 0 spiro atoms. The van der Waals surface area contributed by atoms with Gasteiger partial charge in [-0.25, -0.2) is 0 Å². The predicted octanol–water partition coefficient (Wildman–Crippen LogP) is 5.12. The average molecular weight is 383 g/mol. The van der Waals surface area contributed by atoms with Crippen molar-refractivity contribution in [2.24, 2.45) is 0 Å². The Morgan fingerprint density at radius 3 is 2.00 bits per heavy atom. The summed E-state index contributed by atoms with van der Waals surface area (Å²) in [5.74, 6) is 0.900. The maximum absolute atomic E-state index is 9.58. The van der Waals surface area contributed by atoms with E-state index in [1.807, 2.05) is 18.2 Å². The Morgan fingerprint density at radius 2 is 1.56 bits per heavy atom. The van der Waals surface area contributed by atoms with Gasteiger partial charge in [0.05, 0.1) is 12.2 Å². The molecular weight excluding hydrogens is 344 g/mol. The highest BCUT2D eigenvalue weighted by Crippen LogP contribution is 2.41. The summed E-state index contributed by atoms with van der Waals surface area (Å²) in [5, 5.41) is 9.93. The second kappa shape index (κ2) is 7.55. The lowest BCUT2D eigenvalue weighted by atomic mass is 9.95. The van der Waals surface area contributed by atoms with Gasteiger partial charge in [-0.1, -0.05) is 47.6 Å². The predicted molar refractivity (Wildman–Crippen MR) is 113 cm³/mol. The van der Waals surface area contributed by atoms with Crippen LogP contribution < -0.4 is 4.43 Å². The summed E-state index contributed by atoms with van der Waals surface area (Å²) < 4.78 is 13.0. The van der Waals surface area contributed by atoms with Gasteiger partial charge in [-0.05, 0) is 54.7 Å². The van der Waals surface area contributed by atoms with Gasteiger partial charge in [0, 0.05) is 5.56 Å². The molecule has 0 aromatic heterocycles.